The smallest absolute Gasteiger partial charge is 0.228 e. The number of nitrogens with zero attached hydrogens (tertiary/aromatic N) is 1. The fraction of sp³-hybridized carbons (Fsp3) is 0.522. The van der Waals surface area contributed by atoms with E-state index in [1.54, 1.807) is 11.3 Å². The summed E-state index contributed by atoms with van der Waals surface area (Å²) in [6, 6.07) is 10.1. The maximum absolute atomic E-state index is 6.18. The van der Waals surface area contributed by atoms with Crippen LogP contribution in [0.25, 0.3) is 0 Å². The molecule has 3 nitrogen and oxygen atoms in total. The van der Waals surface area contributed by atoms with Gasteiger partial charge in [0.15, 0.2) is 0 Å². The van der Waals surface area contributed by atoms with E-state index in [1.165, 1.54) is 44.9 Å². The average Bonchev–Trinajstić information content (AvgIpc) is 3.36. The SMILES string of the molecule is CCCCCCCCCCOc1ccc(C2COC(c3sccc3Cl)=N2)cc1. The Kier molecular flexibility index (Phi) is 8.69. The molecule has 0 amide bonds. The summed E-state index contributed by atoms with van der Waals surface area (Å²) < 4.78 is 11.6. The quantitative estimate of drug-likeness (QED) is 0.334. The van der Waals surface area contributed by atoms with Crippen LogP contribution in [0.3, 0.4) is 0 Å². The first kappa shape index (κ1) is 21.2. The molecule has 1 aromatic heterocycles. The number of thiophene rings is 1. The van der Waals surface area contributed by atoms with Crippen LogP contribution >= 0.6 is 22.9 Å². The van der Waals surface area contributed by atoms with Crippen LogP contribution in [0.15, 0.2) is 40.7 Å². The number of ether oxygens (including phenoxy) is 2. The highest BCUT2D eigenvalue weighted by molar-refractivity contribution is 7.12. The lowest BCUT2D eigenvalue weighted by Crippen LogP contribution is -2.00. The van der Waals surface area contributed by atoms with Crippen molar-refractivity contribution >= 4 is 28.8 Å². The zero-order valence-corrected chi connectivity index (χ0v) is 18.2. The van der Waals surface area contributed by atoms with Gasteiger partial charge < -0.3 is 9.47 Å². The number of aliphatic imine (C=N–C) groups is 1. The normalized spacial score (nSPS) is 16.1. The van der Waals surface area contributed by atoms with Crippen molar-refractivity contribution in [2.75, 3.05) is 13.2 Å². The minimum Gasteiger partial charge on any atom is -0.494 e. The second kappa shape index (κ2) is 11.5. The van der Waals surface area contributed by atoms with E-state index in [-0.39, 0.29) is 6.04 Å². The molecule has 0 fully saturated rings. The van der Waals surface area contributed by atoms with E-state index in [4.69, 9.17) is 26.1 Å². The molecule has 1 aliphatic rings. The van der Waals surface area contributed by atoms with E-state index in [1.807, 2.05) is 23.6 Å². The summed E-state index contributed by atoms with van der Waals surface area (Å²) in [5, 5.41) is 2.66. The molecule has 0 saturated heterocycles. The fourth-order valence-corrected chi connectivity index (χ4v) is 4.41. The van der Waals surface area contributed by atoms with Crippen molar-refractivity contribution in [3.8, 4) is 5.75 Å². The number of benzene rings is 1. The molecule has 28 heavy (non-hydrogen) atoms. The van der Waals surface area contributed by atoms with Crippen LogP contribution in [0, 0.1) is 0 Å². The third-order valence-electron chi connectivity index (χ3n) is 4.99. The summed E-state index contributed by atoms with van der Waals surface area (Å²) in [6.07, 6.45) is 10.5. The van der Waals surface area contributed by atoms with Crippen molar-refractivity contribution in [3.63, 3.8) is 0 Å². The lowest BCUT2D eigenvalue weighted by atomic mass is 10.1. The molecule has 1 atom stereocenters. The van der Waals surface area contributed by atoms with Crippen molar-refractivity contribution in [1.82, 2.24) is 0 Å². The zero-order chi connectivity index (χ0) is 19.6. The molecular weight excluding hydrogens is 390 g/mol. The van der Waals surface area contributed by atoms with Gasteiger partial charge in [0.1, 0.15) is 23.3 Å². The van der Waals surface area contributed by atoms with Crippen LogP contribution in [-0.2, 0) is 4.74 Å². The second-order valence-electron chi connectivity index (χ2n) is 7.25. The van der Waals surface area contributed by atoms with Crippen molar-refractivity contribution < 1.29 is 9.47 Å². The predicted molar refractivity (Wildman–Crippen MR) is 119 cm³/mol. The van der Waals surface area contributed by atoms with Crippen LogP contribution in [-0.4, -0.2) is 19.1 Å². The van der Waals surface area contributed by atoms with Crippen molar-refractivity contribution in [2.24, 2.45) is 4.99 Å². The average molecular weight is 420 g/mol. The summed E-state index contributed by atoms with van der Waals surface area (Å²) in [5.41, 5.74) is 1.14. The number of unbranched alkanes of at least 4 members (excludes halogenated alkanes) is 7. The van der Waals surface area contributed by atoms with Gasteiger partial charge in [-0.2, -0.15) is 0 Å². The number of halogens is 1. The first-order valence-corrected chi connectivity index (χ1v) is 11.7. The number of rotatable bonds is 12. The Morgan fingerprint density at radius 3 is 2.43 bits per heavy atom. The van der Waals surface area contributed by atoms with Gasteiger partial charge in [-0.25, -0.2) is 4.99 Å². The lowest BCUT2D eigenvalue weighted by Gasteiger charge is -2.09. The van der Waals surface area contributed by atoms with Gasteiger partial charge in [-0.1, -0.05) is 75.6 Å². The van der Waals surface area contributed by atoms with E-state index >= 15 is 0 Å². The summed E-state index contributed by atoms with van der Waals surface area (Å²) in [5.74, 6) is 1.58. The third kappa shape index (κ3) is 6.25. The zero-order valence-electron chi connectivity index (χ0n) is 16.7. The molecule has 1 aliphatic heterocycles. The molecule has 0 saturated carbocycles. The maximum Gasteiger partial charge on any atom is 0.228 e. The van der Waals surface area contributed by atoms with Crippen LogP contribution in [0.5, 0.6) is 5.75 Å². The molecule has 3 rings (SSSR count). The van der Waals surface area contributed by atoms with E-state index in [2.05, 4.69) is 19.1 Å². The predicted octanol–water partition coefficient (Wildman–Crippen LogP) is 7.44. The van der Waals surface area contributed by atoms with Crippen molar-refractivity contribution in [3.05, 3.63) is 51.2 Å². The molecule has 2 aromatic rings. The molecule has 5 heteroatoms. The molecule has 0 spiro atoms. The topological polar surface area (TPSA) is 30.8 Å². The largest absolute Gasteiger partial charge is 0.494 e. The van der Waals surface area contributed by atoms with Gasteiger partial charge in [0.25, 0.3) is 0 Å². The Hall–Kier alpha value is -1.52. The Balaban J connectivity index is 1.37. The third-order valence-corrected chi connectivity index (χ3v) is 6.32. The van der Waals surface area contributed by atoms with Gasteiger partial charge in [0, 0.05) is 0 Å². The lowest BCUT2D eigenvalue weighted by molar-refractivity contribution is 0.303. The molecule has 0 bridgehead atoms. The van der Waals surface area contributed by atoms with Crippen molar-refractivity contribution in [1.29, 1.82) is 0 Å². The van der Waals surface area contributed by atoms with Gasteiger partial charge in [0.2, 0.25) is 5.90 Å². The van der Waals surface area contributed by atoms with Crippen LogP contribution in [0.2, 0.25) is 5.02 Å². The molecule has 1 unspecified atom stereocenters. The van der Waals surface area contributed by atoms with Crippen molar-refractivity contribution in [2.45, 2.75) is 64.3 Å². The molecule has 0 N–H and O–H groups in total. The van der Waals surface area contributed by atoms with Crippen LogP contribution in [0.1, 0.15) is 74.8 Å². The number of hydrogen-bond donors (Lipinski definition) is 0. The Labute approximate surface area is 177 Å². The molecule has 1 aromatic carbocycles. The monoisotopic (exact) mass is 419 g/mol. The minimum absolute atomic E-state index is 0.0231. The van der Waals surface area contributed by atoms with Gasteiger partial charge in [-0.3, -0.25) is 0 Å². The summed E-state index contributed by atoms with van der Waals surface area (Å²) in [4.78, 5) is 5.60. The Bertz CT molecular complexity index is 741. The Morgan fingerprint density at radius 2 is 1.75 bits per heavy atom. The second-order valence-corrected chi connectivity index (χ2v) is 8.57. The number of hydrogen-bond acceptors (Lipinski definition) is 4. The van der Waals surface area contributed by atoms with Crippen LogP contribution < -0.4 is 4.74 Å². The maximum atomic E-state index is 6.18. The Morgan fingerprint density at radius 1 is 1.04 bits per heavy atom. The standard InChI is InChI=1S/C23H30ClNO2S/c1-2-3-4-5-6-7-8-9-15-26-19-12-10-18(11-13-19)21-17-27-23(25-21)22-20(24)14-16-28-22/h10-14,16,21H,2-9,15,17H2,1H3. The first-order valence-electron chi connectivity index (χ1n) is 10.4. The molecule has 0 radical (unpaired) electrons. The van der Waals surface area contributed by atoms with Crippen LogP contribution in [0.4, 0.5) is 0 Å². The first-order chi connectivity index (χ1) is 13.8. The highest BCUT2D eigenvalue weighted by Gasteiger charge is 2.23. The summed E-state index contributed by atoms with van der Waals surface area (Å²) >= 11 is 7.73. The highest BCUT2D eigenvalue weighted by Crippen LogP contribution is 2.31. The molecule has 152 valence electrons. The van der Waals surface area contributed by atoms with Gasteiger partial charge in [-0.05, 0) is 35.6 Å². The molecule has 2 heterocycles. The van der Waals surface area contributed by atoms with E-state index in [0.29, 0.717) is 17.5 Å². The van der Waals surface area contributed by atoms with E-state index in [0.717, 1.165) is 29.2 Å². The van der Waals surface area contributed by atoms with Gasteiger partial charge in [-0.15, -0.1) is 11.3 Å². The fourth-order valence-electron chi connectivity index (χ4n) is 3.33. The highest BCUT2D eigenvalue weighted by atomic mass is 35.5. The van der Waals surface area contributed by atoms with Gasteiger partial charge in [0.05, 0.1) is 11.6 Å². The van der Waals surface area contributed by atoms with E-state index < -0.39 is 0 Å². The van der Waals surface area contributed by atoms with Gasteiger partial charge >= 0.3 is 0 Å². The summed E-state index contributed by atoms with van der Waals surface area (Å²) in [6.45, 7) is 3.61. The molecule has 0 aliphatic carbocycles. The molecular formula is C23H30ClNO2S. The van der Waals surface area contributed by atoms with E-state index in [9.17, 15) is 0 Å². The minimum atomic E-state index is 0.0231. The summed E-state index contributed by atoms with van der Waals surface area (Å²) in [7, 11) is 0.